The molecule has 7 heteroatoms. The number of fused-ring (bicyclic) bond motifs is 1. The second kappa shape index (κ2) is 11.4. The molecule has 0 bridgehead atoms. The van der Waals surface area contributed by atoms with Gasteiger partial charge in [-0.05, 0) is 55.7 Å². The minimum absolute atomic E-state index is 0.0402. The molecular formula is C34H34ClN5O. The highest BCUT2D eigenvalue weighted by Gasteiger charge is 2.24. The smallest absolute Gasteiger partial charge is 0.321 e. The first-order chi connectivity index (χ1) is 19.9. The van der Waals surface area contributed by atoms with Gasteiger partial charge in [0.1, 0.15) is 5.65 Å². The van der Waals surface area contributed by atoms with Crippen molar-refractivity contribution in [2.24, 2.45) is 0 Å². The maximum atomic E-state index is 13.1. The van der Waals surface area contributed by atoms with Crippen LogP contribution in [0.25, 0.3) is 28.0 Å². The predicted molar refractivity (Wildman–Crippen MR) is 168 cm³/mol. The second-order valence-corrected chi connectivity index (χ2v) is 11.3. The number of rotatable bonds is 5. The number of hydrogen-bond acceptors (Lipinski definition) is 3. The number of aryl methyl sites for hydroxylation is 3. The van der Waals surface area contributed by atoms with E-state index in [1.807, 2.05) is 61.2 Å². The molecule has 1 fully saturated rings. The lowest BCUT2D eigenvalue weighted by atomic mass is 10.1. The summed E-state index contributed by atoms with van der Waals surface area (Å²) in [6, 6.07) is 26.7. The highest BCUT2D eigenvalue weighted by molar-refractivity contribution is 6.33. The van der Waals surface area contributed by atoms with E-state index in [1.165, 1.54) is 5.56 Å². The zero-order valence-electron chi connectivity index (χ0n) is 23.7. The Morgan fingerprint density at radius 1 is 0.829 bits per heavy atom. The number of aromatic nitrogens is 2. The van der Waals surface area contributed by atoms with Crippen LogP contribution in [0.15, 0.2) is 85.1 Å². The van der Waals surface area contributed by atoms with Crippen LogP contribution in [0.1, 0.15) is 22.4 Å². The van der Waals surface area contributed by atoms with Crippen LogP contribution in [0, 0.1) is 20.8 Å². The van der Waals surface area contributed by atoms with E-state index >= 15 is 0 Å². The van der Waals surface area contributed by atoms with Gasteiger partial charge in [0.2, 0.25) is 0 Å². The van der Waals surface area contributed by atoms with Crippen LogP contribution in [0.5, 0.6) is 0 Å². The fourth-order valence-corrected chi connectivity index (χ4v) is 5.81. The zero-order chi connectivity index (χ0) is 28.5. The van der Waals surface area contributed by atoms with Crippen molar-refractivity contribution >= 4 is 29.0 Å². The molecule has 0 spiro atoms. The Labute approximate surface area is 246 Å². The number of piperazine rings is 1. The number of carbonyl (C=O) groups excluding carboxylic acids is 1. The summed E-state index contributed by atoms with van der Waals surface area (Å²) in [4.78, 5) is 22.5. The van der Waals surface area contributed by atoms with Crippen LogP contribution in [0.4, 0.5) is 10.5 Å². The van der Waals surface area contributed by atoms with E-state index in [1.54, 1.807) is 0 Å². The molecule has 0 saturated carbocycles. The van der Waals surface area contributed by atoms with Crippen molar-refractivity contribution in [3.63, 3.8) is 0 Å². The average Bonchev–Trinajstić information content (AvgIpc) is 3.33. The first-order valence-electron chi connectivity index (χ1n) is 14.0. The van der Waals surface area contributed by atoms with E-state index in [0.717, 1.165) is 75.2 Å². The molecule has 41 heavy (non-hydrogen) atoms. The summed E-state index contributed by atoms with van der Waals surface area (Å²) in [5.74, 6) is 0. The van der Waals surface area contributed by atoms with Gasteiger partial charge in [-0.3, -0.25) is 4.90 Å². The number of urea groups is 1. The lowest BCUT2D eigenvalue weighted by molar-refractivity contribution is 0.142. The molecule has 2 amide bonds. The van der Waals surface area contributed by atoms with Gasteiger partial charge in [-0.25, -0.2) is 9.78 Å². The average molecular weight is 564 g/mol. The molecule has 1 aliphatic heterocycles. The molecule has 6 nitrogen and oxygen atoms in total. The number of hydrogen-bond donors (Lipinski definition) is 1. The largest absolute Gasteiger partial charge is 0.322 e. The van der Waals surface area contributed by atoms with Gasteiger partial charge in [-0.2, -0.15) is 0 Å². The molecule has 0 radical (unpaired) electrons. The number of carbonyl (C=O) groups is 1. The molecule has 1 saturated heterocycles. The van der Waals surface area contributed by atoms with Crippen molar-refractivity contribution in [1.29, 1.82) is 0 Å². The molecular weight excluding hydrogens is 530 g/mol. The third kappa shape index (κ3) is 5.58. The fourth-order valence-electron chi connectivity index (χ4n) is 5.56. The molecule has 5 aromatic rings. The fraction of sp³-hybridized carbons (Fsp3) is 0.235. The van der Waals surface area contributed by atoms with Crippen LogP contribution in [-0.4, -0.2) is 51.4 Å². The lowest BCUT2D eigenvalue weighted by Crippen LogP contribution is -2.49. The second-order valence-electron chi connectivity index (χ2n) is 10.9. The summed E-state index contributed by atoms with van der Waals surface area (Å²) in [5.41, 5.74) is 10.4. The number of halogens is 1. The van der Waals surface area contributed by atoms with E-state index in [0.29, 0.717) is 13.1 Å². The summed E-state index contributed by atoms with van der Waals surface area (Å²) < 4.78 is 2.20. The first kappa shape index (κ1) is 27.1. The normalized spacial score (nSPS) is 14.0. The summed E-state index contributed by atoms with van der Waals surface area (Å²) in [5, 5.41) is 3.86. The minimum atomic E-state index is -0.0402. The van der Waals surface area contributed by atoms with E-state index in [4.69, 9.17) is 16.6 Å². The maximum Gasteiger partial charge on any atom is 0.321 e. The van der Waals surface area contributed by atoms with Crippen molar-refractivity contribution in [3.8, 4) is 22.4 Å². The number of pyridine rings is 1. The Morgan fingerprint density at radius 2 is 1.51 bits per heavy atom. The van der Waals surface area contributed by atoms with Crippen LogP contribution in [0.2, 0.25) is 5.02 Å². The Hall–Kier alpha value is -4.13. The third-order valence-corrected chi connectivity index (χ3v) is 8.30. The van der Waals surface area contributed by atoms with Crippen LogP contribution < -0.4 is 5.32 Å². The monoisotopic (exact) mass is 563 g/mol. The molecule has 3 heterocycles. The van der Waals surface area contributed by atoms with Gasteiger partial charge in [-0.15, -0.1) is 0 Å². The molecule has 0 unspecified atom stereocenters. The lowest BCUT2D eigenvalue weighted by Gasteiger charge is -2.35. The number of nitrogens with one attached hydrogen (secondary N) is 1. The number of amides is 2. The zero-order valence-corrected chi connectivity index (χ0v) is 24.4. The number of imidazole rings is 1. The van der Waals surface area contributed by atoms with Gasteiger partial charge in [0, 0.05) is 60.8 Å². The number of anilines is 1. The highest BCUT2D eigenvalue weighted by Crippen LogP contribution is 2.31. The van der Waals surface area contributed by atoms with E-state index in [9.17, 15) is 4.79 Å². The molecule has 0 aliphatic carbocycles. The number of para-hydroxylation sites is 1. The topological polar surface area (TPSA) is 52.9 Å². The summed E-state index contributed by atoms with van der Waals surface area (Å²) >= 11 is 6.56. The standard InChI is InChI=1S/C34H34ClN5O/c1-23-11-13-26(14-12-23)33-30(40-21-27(15-16-31(40)36-33)28-9-4-5-10-29(28)35)22-38-17-19-39(20-18-38)34(41)37-32-24(2)7-6-8-25(32)3/h4-16,21H,17-20,22H2,1-3H3,(H,37,41). The SMILES string of the molecule is Cc1ccc(-c2nc3ccc(-c4ccccc4Cl)cn3c2CN2CCN(C(=O)Nc3c(C)cccc3C)CC2)cc1. The Bertz CT molecular complexity index is 1700. The van der Waals surface area contributed by atoms with Crippen molar-refractivity contribution in [2.75, 3.05) is 31.5 Å². The minimum Gasteiger partial charge on any atom is -0.322 e. The maximum absolute atomic E-state index is 13.1. The van der Waals surface area contributed by atoms with Crippen LogP contribution >= 0.6 is 11.6 Å². The van der Waals surface area contributed by atoms with Crippen molar-refractivity contribution < 1.29 is 4.79 Å². The predicted octanol–water partition coefficient (Wildman–Crippen LogP) is 7.60. The molecule has 208 valence electrons. The Kier molecular flexibility index (Phi) is 7.52. The van der Waals surface area contributed by atoms with Gasteiger partial charge < -0.3 is 14.6 Å². The van der Waals surface area contributed by atoms with Crippen molar-refractivity contribution in [3.05, 3.63) is 112 Å². The van der Waals surface area contributed by atoms with E-state index in [-0.39, 0.29) is 6.03 Å². The van der Waals surface area contributed by atoms with Crippen molar-refractivity contribution in [1.82, 2.24) is 19.2 Å². The molecule has 1 N–H and O–H groups in total. The highest BCUT2D eigenvalue weighted by atomic mass is 35.5. The summed E-state index contributed by atoms with van der Waals surface area (Å²) in [7, 11) is 0. The molecule has 0 atom stereocenters. The molecule has 2 aromatic heterocycles. The van der Waals surface area contributed by atoms with Gasteiger partial charge >= 0.3 is 6.03 Å². The van der Waals surface area contributed by atoms with Gasteiger partial charge in [-0.1, -0.05) is 77.8 Å². The quantitative estimate of drug-likeness (QED) is 0.239. The van der Waals surface area contributed by atoms with Gasteiger partial charge in [0.25, 0.3) is 0 Å². The molecule has 3 aromatic carbocycles. The van der Waals surface area contributed by atoms with Gasteiger partial charge in [0.15, 0.2) is 0 Å². The van der Waals surface area contributed by atoms with Gasteiger partial charge in [0.05, 0.1) is 11.4 Å². The third-order valence-electron chi connectivity index (χ3n) is 7.97. The van der Waals surface area contributed by atoms with Crippen LogP contribution in [-0.2, 0) is 6.54 Å². The number of nitrogens with zero attached hydrogens (tertiary/aromatic N) is 4. The van der Waals surface area contributed by atoms with E-state index in [2.05, 4.69) is 64.1 Å². The first-order valence-corrected chi connectivity index (χ1v) is 14.4. The number of benzene rings is 3. The molecule has 1 aliphatic rings. The Morgan fingerprint density at radius 3 is 2.22 bits per heavy atom. The molecule has 6 rings (SSSR count). The summed E-state index contributed by atoms with van der Waals surface area (Å²) in [6.45, 7) is 9.77. The Balaban J connectivity index is 1.26. The summed E-state index contributed by atoms with van der Waals surface area (Å²) in [6.07, 6.45) is 2.14. The van der Waals surface area contributed by atoms with Crippen LogP contribution in [0.3, 0.4) is 0 Å². The van der Waals surface area contributed by atoms with E-state index < -0.39 is 0 Å². The van der Waals surface area contributed by atoms with Crippen molar-refractivity contribution in [2.45, 2.75) is 27.3 Å².